The SMILES string of the molecule is CO[C@H]1[C@H](O[C@H]2[C@H](O)[C@@H](NC(C)=O)[C@H](OCc3ccccc3)O[C@@H]2CO)O[C@H](CO)[C@H](O)[C@@H]1O. The van der Waals surface area contributed by atoms with Crippen molar-refractivity contribution in [2.45, 2.75) is 74.9 Å². The molecule has 192 valence electrons. The number of rotatable bonds is 9. The molecule has 12 heteroatoms. The molecule has 0 bridgehead atoms. The van der Waals surface area contributed by atoms with Crippen LogP contribution < -0.4 is 5.32 Å². The molecule has 0 radical (unpaired) electrons. The molecule has 6 N–H and O–H groups in total. The number of amides is 1. The van der Waals surface area contributed by atoms with E-state index in [2.05, 4.69) is 5.32 Å². The molecule has 1 aromatic rings. The van der Waals surface area contributed by atoms with Crippen LogP contribution in [-0.2, 0) is 35.1 Å². The van der Waals surface area contributed by atoms with Crippen molar-refractivity contribution in [3.8, 4) is 0 Å². The first-order valence-corrected chi connectivity index (χ1v) is 11.0. The maximum absolute atomic E-state index is 11.8. The number of nitrogens with one attached hydrogen (secondary N) is 1. The fraction of sp³-hybridized carbons (Fsp3) is 0.682. The van der Waals surface area contributed by atoms with Gasteiger partial charge in [-0.25, -0.2) is 0 Å². The van der Waals surface area contributed by atoms with Crippen molar-refractivity contribution in [3.63, 3.8) is 0 Å². The Kier molecular flexibility index (Phi) is 9.74. The van der Waals surface area contributed by atoms with Gasteiger partial charge in [0.2, 0.25) is 5.91 Å². The first kappa shape index (κ1) is 26.9. The van der Waals surface area contributed by atoms with Crippen molar-refractivity contribution in [1.29, 1.82) is 0 Å². The smallest absolute Gasteiger partial charge is 0.217 e. The zero-order chi connectivity index (χ0) is 24.8. The largest absolute Gasteiger partial charge is 0.394 e. The lowest BCUT2D eigenvalue weighted by atomic mass is 9.95. The average molecular weight is 488 g/mol. The second-order valence-electron chi connectivity index (χ2n) is 8.25. The van der Waals surface area contributed by atoms with Gasteiger partial charge in [0.1, 0.15) is 48.8 Å². The predicted octanol–water partition coefficient (Wildman–Crippen LogP) is -2.37. The minimum Gasteiger partial charge on any atom is -0.394 e. The summed E-state index contributed by atoms with van der Waals surface area (Å²) in [7, 11) is 1.27. The van der Waals surface area contributed by atoms with Gasteiger partial charge in [-0.3, -0.25) is 4.79 Å². The van der Waals surface area contributed by atoms with Gasteiger partial charge in [-0.05, 0) is 5.56 Å². The topological polar surface area (TPSA) is 176 Å². The summed E-state index contributed by atoms with van der Waals surface area (Å²) in [6.07, 6.45) is -11.4. The molecule has 34 heavy (non-hydrogen) atoms. The van der Waals surface area contributed by atoms with Gasteiger partial charge in [0.25, 0.3) is 0 Å². The van der Waals surface area contributed by atoms with Crippen molar-refractivity contribution in [1.82, 2.24) is 5.32 Å². The number of carbonyl (C=O) groups is 1. The Hall–Kier alpha value is -1.71. The van der Waals surface area contributed by atoms with E-state index in [9.17, 15) is 30.3 Å². The van der Waals surface area contributed by atoms with E-state index < -0.39 is 80.5 Å². The van der Waals surface area contributed by atoms with Gasteiger partial charge in [0.05, 0.1) is 19.8 Å². The lowest BCUT2D eigenvalue weighted by Gasteiger charge is -2.47. The molecular formula is C22H33NO11. The fourth-order valence-electron chi connectivity index (χ4n) is 4.09. The molecule has 2 saturated heterocycles. The molecule has 0 aliphatic carbocycles. The summed E-state index contributed by atoms with van der Waals surface area (Å²) < 4.78 is 28.2. The van der Waals surface area contributed by atoms with Crippen molar-refractivity contribution in [2.75, 3.05) is 20.3 Å². The van der Waals surface area contributed by atoms with Gasteiger partial charge in [-0.15, -0.1) is 0 Å². The number of aliphatic hydroxyl groups excluding tert-OH is 5. The summed E-state index contributed by atoms with van der Waals surface area (Å²) in [4.78, 5) is 11.8. The number of aliphatic hydroxyl groups is 5. The van der Waals surface area contributed by atoms with Crippen LogP contribution in [0.3, 0.4) is 0 Å². The number of ether oxygens (including phenoxy) is 5. The van der Waals surface area contributed by atoms with Gasteiger partial charge in [-0.2, -0.15) is 0 Å². The van der Waals surface area contributed by atoms with E-state index in [1.807, 2.05) is 30.3 Å². The molecule has 2 aliphatic heterocycles. The van der Waals surface area contributed by atoms with Crippen LogP contribution in [0.25, 0.3) is 0 Å². The van der Waals surface area contributed by atoms with Crippen LogP contribution >= 0.6 is 0 Å². The molecule has 12 nitrogen and oxygen atoms in total. The Bertz CT molecular complexity index is 768. The normalized spacial score (nSPS) is 38.4. The van der Waals surface area contributed by atoms with E-state index in [-0.39, 0.29) is 6.61 Å². The maximum atomic E-state index is 11.8. The van der Waals surface area contributed by atoms with Crippen molar-refractivity contribution >= 4 is 5.91 Å². The summed E-state index contributed by atoms with van der Waals surface area (Å²) in [5, 5.41) is 53.5. The quantitative estimate of drug-likeness (QED) is 0.219. The summed E-state index contributed by atoms with van der Waals surface area (Å²) in [6, 6.07) is 8.13. The van der Waals surface area contributed by atoms with Crippen LogP contribution in [0.2, 0.25) is 0 Å². The highest BCUT2D eigenvalue weighted by atomic mass is 16.7. The Morgan fingerprint density at radius 1 is 0.941 bits per heavy atom. The van der Waals surface area contributed by atoms with Gasteiger partial charge in [0, 0.05) is 14.0 Å². The molecular weight excluding hydrogens is 454 g/mol. The van der Waals surface area contributed by atoms with Crippen LogP contribution in [0, 0.1) is 0 Å². The van der Waals surface area contributed by atoms with Crippen molar-refractivity contribution in [2.24, 2.45) is 0 Å². The van der Waals surface area contributed by atoms with E-state index in [1.165, 1.54) is 14.0 Å². The Labute approximate surface area is 197 Å². The van der Waals surface area contributed by atoms with Gasteiger partial charge in [-0.1, -0.05) is 30.3 Å². The highest BCUT2D eigenvalue weighted by molar-refractivity contribution is 5.73. The lowest BCUT2D eigenvalue weighted by Crippen LogP contribution is -2.67. The van der Waals surface area contributed by atoms with Crippen LogP contribution in [-0.4, -0.2) is 113 Å². The van der Waals surface area contributed by atoms with Crippen molar-refractivity contribution in [3.05, 3.63) is 35.9 Å². The van der Waals surface area contributed by atoms with Gasteiger partial charge in [0.15, 0.2) is 12.6 Å². The monoisotopic (exact) mass is 487 g/mol. The third kappa shape index (κ3) is 6.10. The molecule has 1 amide bonds. The fourth-order valence-corrected chi connectivity index (χ4v) is 4.09. The van der Waals surface area contributed by atoms with E-state index in [1.54, 1.807) is 0 Å². The highest BCUT2D eigenvalue weighted by Gasteiger charge is 2.51. The molecule has 3 rings (SSSR count). The van der Waals surface area contributed by atoms with Gasteiger partial charge < -0.3 is 54.5 Å². The second-order valence-corrected chi connectivity index (χ2v) is 8.25. The Balaban J connectivity index is 1.78. The lowest BCUT2D eigenvalue weighted by molar-refractivity contribution is -0.351. The van der Waals surface area contributed by atoms with Crippen LogP contribution in [0.15, 0.2) is 30.3 Å². The Morgan fingerprint density at radius 2 is 1.59 bits per heavy atom. The summed E-state index contributed by atoms with van der Waals surface area (Å²) in [5.41, 5.74) is 0.835. The Morgan fingerprint density at radius 3 is 2.18 bits per heavy atom. The van der Waals surface area contributed by atoms with Crippen LogP contribution in [0.4, 0.5) is 0 Å². The minimum atomic E-state index is -1.46. The number of hydrogen-bond donors (Lipinski definition) is 6. The number of methoxy groups -OCH3 is 1. The van der Waals surface area contributed by atoms with Crippen LogP contribution in [0.1, 0.15) is 12.5 Å². The molecule has 2 heterocycles. The summed E-state index contributed by atoms with van der Waals surface area (Å²) in [6.45, 7) is 0.214. The molecule has 2 aliphatic rings. The molecule has 0 aromatic heterocycles. The van der Waals surface area contributed by atoms with Gasteiger partial charge >= 0.3 is 0 Å². The van der Waals surface area contributed by atoms with E-state index in [0.29, 0.717) is 0 Å². The third-order valence-electron chi connectivity index (χ3n) is 5.87. The molecule has 2 fully saturated rings. The summed E-state index contributed by atoms with van der Waals surface area (Å²) in [5.74, 6) is -0.454. The standard InChI is InChI=1S/C22H33NO11/c1-11(26)23-15-17(28)19(34-22-20(30-2)18(29)16(27)13(8-24)32-22)14(9-25)33-21(15)31-10-12-6-4-3-5-7-12/h3-7,13-22,24-25,27-29H,8-10H2,1-2H3,(H,23,26)/t13-,14-,15-,16+,17-,18+,19-,20-,21-,22+/m1/s1. The maximum Gasteiger partial charge on any atom is 0.217 e. The number of hydrogen-bond acceptors (Lipinski definition) is 11. The molecule has 1 aromatic carbocycles. The molecule has 0 saturated carbocycles. The highest BCUT2D eigenvalue weighted by Crippen LogP contribution is 2.30. The average Bonchev–Trinajstić information content (AvgIpc) is 2.83. The van der Waals surface area contributed by atoms with E-state index in [0.717, 1.165) is 5.56 Å². The molecule has 10 atom stereocenters. The van der Waals surface area contributed by atoms with Crippen LogP contribution in [0.5, 0.6) is 0 Å². The first-order valence-electron chi connectivity index (χ1n) is 11.0. The number of carbonyl (C=O) groups excluding carboxylic acids is 1. The number of benzene rings is 1. The zero-order valence-corrected chi connectivity index (χ0v) is 19.0. The molecule has 0 unspecified atom stereocenters. The molecule has 0 spiro atoms. The van der Waals surface area contributed by atoms with E-state index >= 15 is 0 Å². The zero-order valence-electron chi connectivity index (χ0n) is 19.0. The second kappa shape index (κ2) is 12.3. The predicted molar refractivity (Wildman–Crippen MR) is 114 cm³/mol. The summed E-state index contributed by atoms with van der Waals surface area (Å²) >= 11 is 0. The van der Waals surface area contributed by atoms with E-state index in [4.69, 9.17) is 23.7 Å². The van der Waals surface area contributed by atoms with Crippen molar-refractivity contribution < 1.29 is 54.0 Å². The first-order chi connectivity index (χ1) is 16.3. The third-order valence-corrected chi connectivity index (χ3v) is 5.87. The minimum absolute atomic E-state index is 0.123.